The van der Waals surface area contributed by atoms with Crippen LogP contribution in [0.2, 0.25) is 0 Å². The maximum Gasteiger partial charge on any atom is 0.264 e. The molecule has 0 radical (unpaired) electrons. The maximum atomic E-state index is 5.80. The van der Waals surface area contributed by atoms with Crippen LogP contribution < -0.4 is 4.74 Å². The van der Waals surface area contributed by atoms with Gasteiger partial charge in [-0.25, -0.2) is 0 Å². The zero-order valence-corrected chi connectivity index (χ0v) is 11.5. The molecule has 4 nitrogen and oxygen atoms in total. The summed E-state index contributed by atoms with van der Waals surface area (Å²) in [5.74, 6) is 2.29. The summed E-state index contributed by atoms with van der Waals surface area (Å²) in [5.41, 5.74) is 0. The zero-order valence-electron chi connectivity index (χ0n) is 11.5. The van der Waals surface area contributed by atoms with Crippen LogP contribution in [0.1, 0.15) is 31.5 Å². The van der Waals surface area contributed by atoms with Gasteiger partial charge in [0.1, 0.15) is 5.75 Å². The lowest BCUT2D eigenvalue weighted by molar-refractivity contribution is 0.244. The lowest BCUT2D eigenvalue weighted by Crippen LogP contribution is -1.97. The van der Waals surface area contributed by atoms with Gasteiger partial charge >= 0.3 is 0 Å². The van der Waals surface area contributed by atoms with Gasteiger partial charge in [-0.05, 0) is 11.5 Å². The average molecular weight is 268 g/mol. The molecule has 4 heteroatoms. The van der Waals surface area contributed by atoms with Crippen molar-refractivity contribution in [3.8, 4) is 5.75 Å². The highest BCUT2D eigenvalue weighted by atomic mass is 16.5. The van der Waals surface area contributed by atoms with Crippen molar-refractivity contribution in [2.24, 2.45) is 0 Å². The van der Waals surface area contributed by atoms with Gasteiger partial charge < -0.3 is 9.26 Å². The maximum absolute atomic E-state index is 5.80. The topological polar surface area (TPSA) is 48.2 Å². The number of aromatic nitrogens is 2. The van der Waals surface area contributed by atoms with E-state index in [4.69, 9.17) is 9.26 Å². The predicted octanol–water partition coefficient (Wildman–Crippen LogP) is 3.93. The second kappa shape index (κ2) is 5.33. The van der Waals surface area contributed by atoms with Crippen LogP contribution in [0.15, 0.2) is 47.0 Å². The van der Waals surface area contributed by atoms with E-state index in [1.54, 1.807) is 0 Å². The minimum absolute atomic E-state index is 0.255. The predicted molar refractivity (Wildman–Crippen MR) is 76.7 cm³/mol. The van der Waals surface area contributed by atoms with Crippen molar-refractivity contribution in [3.63, 3.8) is 0 Å². The van der Waals surface area contributed by atoms with Crippen LogP contribution in [0, 0.1) is 0 Å². The Balaban J connectivity index is 1.79. The third-order valence-electron chi connectivity index (χ3n) is 3.10. The van der Waals surface area contributed by atoms with E-state index in [1.165, 1.54) is 0 Å². The Labute approximate surface area is 117 Å². The third-order valence-corrected chi connectivity index (χ3v) is 3.10. The molecule has 0 saturated carbocycles. The van der Waals surface area contributed by atoms with Crippen LogP contribution in [-0.4, -0.2) is 10.1 Å². The Kier molecular flexibility index (Phi) is 3.37. The van der Waals surface area contributed by atoms with E-state index >= 15 is 0 Å². The molecule has 0 amide bonds. The fourth-order valence-electron chi connectivity index (χ4n) is 2.02. The van der Waals surface area contributed by atoms with Crippen molar-refractivity contribution in [2.45, 2.75) is 26.4 Å². The summed E-state index contributed by atoms with van der Waals surface area (Å²) in [5, 5.41) is 6.16. The van der Waals surface area contributed by atoms with Gasteiger partial charge in [0.15, 0.2) is 12.4 Å². The monoisotopic (exact) mass is 268 g/mol. The first-order chi connectivity index (χ1) is 9.74. The Morgan fingerprint density at radius 1 is 1.10 bits per heavy atom. The number of fused-ring (bicyclic) bond motifs is 1. The Morgan fingerprint density at radius 3 is 2.70 bits per heavy atom. The quantitative estimate of drug-likeness (QED) is 0.719. The molecular weight excluding hydrogens is 252 g/mol. The van der Waals surface area contributed by atoms with Crippen molar-refractivity contribution < 1.29 is 9.26 Å². The van der Waals surface area contributed by atoms with Gasteiger partial charge in [-0.3, -0.25) is 0 Å². The molecule has 0 fully saturated rings. The molecule has 0 unspecified atom stereocenters. The summed E-state index contributed by atoms with van der Waals surface area (Å²) >= 11 is 0. The summed E-state index contributed by atoms with van der Waals surface area (Å²) in [6.07, 6.45) is 0. The molecule has 0 atom stereocenters. The lowest BCUT2D eigenvalue weighted by Gasteiger charge is -2.06. The number of hydrogen-bond donors (Lipinski definition) is 0. The lowest BCUT2D eigenvalue weighted by atomic mass is 10.1. The third kappa shape index (κ3) is 2.50. The van der Waals surface area contributed by atoms with Crippen molar-refractivity contribution >= 4 is 10.8 Å². The molecule has 1 aromatic heterocycles. The molecule has 0 N–H and O–H groups in total. The zero-order chi connectivity index (χ0) is 13.9. The summed E-state index contributed by atoms with van der Waals surface area (Å²) in [6, 6.07) is 14.1. The van der Waals surface area contributed by atoms with E-state index in [9.17, 15) is 0 Å². The van der Waals surface area contributed by atoms with Crippen LogP contribution >= 0.6 is 0 Å². The van der Waals surface area contributed by atoms with Gasteiger partial charge in [0.2, 0.25) is 0 Å². The molecule has 20 heavy (non-hydrogen) atoms. The van der Waals surface area contributed by atoms with Crippen LogP contribution in [-0.2, 0) is 6.61 Å². The fraction of sp³-hybridized carbons (Fsp3) is 0.250. The number of benzene rings is 2. The van der Waals surface area contributed by atoms with Crippen LogP contribution in [0.5, 0.6) is 5.75 Å². The number of rotatable bonds is 4. The highest BCUT2D eigenvalue weighted by Crippen LogP contribution is 2.25. The summed E-state index contributed by atoms with van der Waals surface area (Å²) < 4.78 is 11.0. The van der Waals surface area contributed by atoms with E-state index in [-0.39, 0.29) is 12.5 Å². The molecule has 102 valence electrons. The van der Waals surface area contributed by atoms with E-state index in [0.717, 1.165) is 16.5 Å². The van der Waals surface area contributed by atoms with E-state index < -0.39 is 0 Å². The van der Waals surface area contributed by atoms with Crippen molar-refractivity contribution in [1.82, 2.24) is 10.1 Å². The van der Waals surface area contributed by atoms with Gasteiger partial charge in [0, 0.05) is 11.3 Å². The molecular formula is C16H16N2O2. The Bertz CT molecular complexity index is 714. The van der Waals surface area contributed by atoms with Crippen molar-refractivity contribution in [3.05, 3.63) is 54.2 Å². The van der Waals surface area contributed by atoms with Gasteiger partial charge in [-0.2, -0.15) is 4.98 Å². The van der Waals surface area contributed by atoms with Crippen LogP contribution in [0.25, 0.3) is 10.8 Å². The Hall–Kier alpha value is -2.36. The molecule has 3 rings (SSSR count). The minimum Gasteiger partial charge on any atom is -0.483 e. The van der Waals surface area contributed by atoms with Gasteiger partial charge in [0.05, 0.1) is 0 Å². The number of hydrogen-bond acceptors (Lipinski definition) is 4. The first kappa shape index (κ1) is 12.7. The largest absolute Gasteiger partial charge is 0.483 e. The second-order valence-electron chi connectivity index (χ2n) is 4.97. The molecule has 3 aromatic rings. The first-order valence-corrected chi connectivity index (χ1v) is 6.67. The van der Waals surface area contributed by atoms with E-state index in [2.05, 4.69) is 22.3 Å². The van der Waals surface area contributed by atoms with Crippen LogP contribution in [0.3, 0.4) is 0 Å². The minimum atomic E-state index is 0.255. The molecule has 0 spiro atoms. The smallest absolute Gasteiger partial charge is 0.264 e. The molecule has 0 bridgehead atoms. The van der Waals surface area contributed by atoms with Gasteiger partial charge in [-0.1, -0.05) is 55.4 Å². The first-order valence-electron chi connectivity index (χ1n) is 6.67. The van der Waals surface area contributed by atoms with Crippen molar-refractivity contribution in [2.75, 3.05) is 0 Å². The fourth-order valence-corrected chi connectivity index (χ4v) is 2.02. The summed E-state index contributed by atoms with van der Waals surface area (Å²) in [7, 11) is 0. The standard InChI is InChI=1S/C16H16N2O2/c1-11(2)16-17-15(20-18-16)10-19-14-9-5-7-12-6-3-4-8-13(12)14/h3-9,11H,10H2,1-2H3. The number of nitrogens with zero attached hydrogens (tertiary/aromatic N) is 2. The van der Waals surface area contributed by atoms with Crippen LogP contribution in [0.4, 0.5) is 0 Å². The highest BCUT2D eigenvalue weighted by molar-refractivity contribution is 5.88. The van der Waals surface area contributed by atoms with Crippen molar-refractivity contribution in [1.29, 1.82) is 0 Å². The molecule has 1 heterocycles. The average Bonchev–Trinajstić information content (AvgIpc) is 2.94. The molecule has 0 aliphatic rings. The number of ether oxygens (including phenoxy) is 1. The summed E-state index contributed by atoms with van der Waals surface area (Å²) in [4.78, 5) is 4.30. The SMILES string of the molecule is CC(C)c1noc(COc2cccc3ccccc23)n1. The molecule has 0 saturated heterocycles. The summed E-state index contributed by atoms with van der Waals surface area (Å²) in [6.45, 7) is 4.34. The normalized spacial score (nSPS) is 11.2. The Morgan fingerprint density at radius 2 is 1.90 bits per heavy atom. The highest BCUT2D eigenvalue weighted by Gasteiger charge is 2.10. The molecule has 0 aliphatic carbocycles. The van der Waals surface area contributed by atoms with E-state index in [0.29, 0.717) is 11.7 Å². The second-order valence-corrected chi connectivity index (χ2v) is 4.97. The van der Waals surface area contributed by atoms with Gasteiger partial charge in [-0.15, -0.1) is 0 Å². The molecule has 2 aromatic carbocycles. The van der Waals surface area contributed by atoms with Gasteiger partial charge in [0.25, 0.3) is 5.89 Å². The molecule has 0 aliphatic heterocycles. The van der Waals surface area contributed by atoms with E-state index in [1.807, 2.05) is 44.2 Å².